The normalized spacial score (nSPS) is 21.8. The first kappa shape index (κ1) is 12.1. The number of hydrogen-bond donors (Lipinski definition) is 1. The Labute approximate surface area is 109 Å². The van der Waals surface area contributed by atoms with Crippen molar-refractivity contribution >= 4 is 33.2 Å². The third-order valence-electron chi connectivity index (χ3n) is 4.09. The van der Waals surface area contributed by atoms with Crippen LogP contribution in [-0.2, 0) is 0 Å². The highest BCUT2D eigenvalue weighted by atomic mass is 79.9. The summed E-state index contributed by atoms with van der Waals surface area (Å²) in [6, 6.07) is 4.03. The minimum Gasteiger partial charge on any atom is -0.347 e. The van der Waals surface area contributed by atoms with Crippen molar-refractivity contribution in [1.82, 2.24) is 5.32 Å². The van der Waals surface area contributed by atoms with Gasteiger partial charge >= 0.3 is 0 Å². The average Bonchev–Trinajstić information content (AvgIpc) is 2.58. The molecule has 2 rings (SSSR count). The fraction of sp³-hybridized carbons (Fsp3) is 0.583. The number of halogens is 1. The number of hydrogen-bond acceptors (Lipinski definition) is 2. The molecule has 0 aromatic carbocycles. The largest absolute Gasteiger partial charge is 0.347 e. The number of carbonyl (C=O) groups is 1. The topological polar surface area (TPSA) is 29.1 Å². The van der Waals surface area contributed by atoms with Crippen LogP contribution in [0.4, 0.5) is 0 Å². The standard InChI is InChI=1S/C12H16BrNOS/c1-11(2)10(12(11,3)4)14-9(15)7-5-6-8(13)16-7/h5-6,10H,1-4H3,(H,14,15). The van der Waals surface area contributed by atoms with Crippen molar-refractivity contribution in [3.05, 3.63) is 20.8 Å². The summed E-state index contributed by atoms with van der Waals surface area (Å²) in [4.78, 5) is 12.7. The Morgan fingerprint density at radius 1 is 1.31 bits per heavy atom. The summed E-state index contributed by atoms with van der Waals surface area (Å²) in [5.41, 5.74) is 0.383. The van der Waals surface area contributed by atoms with Crippen molar-refractivity contribution in [2.75, 3.05) is 0 Å². The van der Waals surface area contributed by atoms with E-state index >= 15 is 0 Å². The Morgan fingerprint density at radius 2 is 1.88 bits per heavy atom. The van der Waals surface area contributed by atoms with Gasteiger partial charge in [0.05, 0.1) is 8.66 Å². The van der Waals surface area contributed by atoms with Crippen molar-refractivity contribution in [1.29, 1.82) is 0 Å². The third-order valence-corrected chi connectivity index (χ3v) is 5.72. The van der Waals surface area contributed by atoms with Gasteiger partial charge in [0.2, 0.25) is 0 Å². The van der Waals surface area contributed by atoms with Crippen LogP contribution in [0.25, 0.3) is 0 Å². The van der Waals surface area contributed by atoms with Crippen LogP contribution in [-0.4, -0.2) is 11.9 Å². The molecular formula is C12H16BrNOS. The Bertz CT molecular complexity index is 422. The second-order valence-corrected chi connectivity index (χ2v) is 7.92. The molecule has 1 aromatic rings. The highest BCUT2D eigenvalue weighted by molar-refractivity contribution is 9.11. The Kier molecular flexibility index (Phi) is 2.70. The molecule has 2 nitrogen and oxygen atoms in total. The Balaban J connectivity index is 2.06. The first-order valence-corrected chi connectivity index (χ1v) is 6.94. The molecule has 0 radical (unpaired) electrons. The molecule has 0 unspecified atom stereocenters. The number of nitrogens with one attached hydrogen (secondary N) is 1. The van der Waals surface area contributed by atoms with E-state index < -0.39 is 0 Å². The molecule has 1 saturated carbocycles. The van der Waals surface area contributed by atoms with Gasteiger partial charge in [0.25, 0.3) is 5.91 Å². The number of amides is 1. The van der Waals surface area contributed by atoms with Gasteiger partial charge in [-0.3, -0.25) is 4.79 Å². The molecule has 0 saturated heterocycles. The van der Waals surface area contributed by atoms with Gasteiger partial charge in [-0.15, -0.1) is 11.3 Å². The minimum atomic E-state index is 0.0411. The van der Waals surface area contributed by atoms with Crippen molar-refractivity contribution < 1.29 is 4.79 Å². The quantitative estimate of drug-likeness (QED) is 0.887. The SMILES string of the molecule is CC1(C)C(NC(=O)c2ccc(Br)s2)C1(C)C. The highest BCUT2D eigenvalue weighted by Gasteiger charge is 2.65. The van der Waals surface area contributed by atoms with E-state index in [0.717, 1.165) is 8.66 Å². The molecule has 16 heavy (non-hydrogen) atoms. The molecule has 1 N–H and O–H groups in total. The molecule has 0 atom stereocenters. The molecule has 1 aromatic heterocycles. The number of rotatable bonds is 2. The van der Waals surface area contributed by atoms with Crippen LogP contribution >= 0.6 is 27.3 Å². The van der Waals surface area contributed by atoms with Gasteiger partial charge in [-0.05, 0) is 38.9 Å². The van der Waals surface area contributed by atoms with E-state index in [1.807, 2.05) is 12.1 Å². The lowest BCUT2D eigenvalue weighted by Crippen LogP contribution is -2.29. The second-order valence-electron chi connectivity index (χ2n) is 5.45. The van der Waals surface area contributed by atoms with E-state index in [0.29, 0.717) is 0 Å². The summed E-state index contributed by atoms with van der Waals surface area (Å²) < 4.78 is 0.993. The molecule has 1 aliphatic carbocycles. The van der Waals surface area contributed by atoms with Gasteiger partial charge in [-0.2, -0.15) is 0 Å². The van der Waals surface area contributed by atoms with E-state index in [2.05, 4.69) is 48.9 Å². The molecule has 0 spiro atoms. The molecular weight excluding hydrogens is 286 g/mol. The lowest BCUT2D eigenvalue weighted by molar-refractivity contribution is 0.0947. The lowest BCUT2D eigenvalue weighted by atomic mass is 10.0. The van der Waals surface area contributed by atoms with Crippen molar-refractivity contribution in [3.8, 4) is 0 Å². The van der Waals surface area contributed by atoms with Crippen LogP contribution in [0.1, 0.15) is 37.4 Å². The van der Waals surface area contributed by atoms with Crippen molar-refractivity contribution in [2.24, 2.45) is 10.8 Å². The van der Waals surface area contributed by atoms with Crippen LogP contribution < -0.4 is 5.32 Å². The van der Waals surface area contributed by atoms with Gasteiger partial charge in [-0.25, -0.2) is 0 Å². The van der Waals surface area contributed by atoms with Gasteiger partial charge in [0, 0.05) is 6.04 Å². The van der Waals surface area contributed by atoms with Crippen molar-refractivity contribution in [2.45, 2.75) is 33.7 Å². The molecule has 1 fully saturated rings. The molecule has 88 valence electrons. The summed E-state index contributed by atoms with van der Waals surface area (Å²) in [7, 11) is 0. The third kappa shape index (κ3) is 1.72. The number of carbonyl (C=O) groups excluding carboxylic acids is 1. The Hall–Kier alpha value is -0.350. The second kappa shape index (κ2) is 3.57. The first-order valence-electron chi connectivity index (χ1n) is 5.33. The summed E-state index contributed by atoms with van der Waals surface area (Å²) in [6.45, 7) is 8.79. The maximum absolute atomic E-state index is 12.0. The van der Waals surface area contributed by atoms with Gasteiger partial charge in [0.1, 0.15) is 0 Å². The van der Waals surface area contributed by atoms with Crippen LogP contribution in [0.3, 0.4) is 0 Å². The number of thiophene rings is 1. The zero-order chi connectivity index (χ0) is 12.1. The molecule has 0 bridgehead atoms. The smallest absolute Gasteiger partial charge is 0.261 e. The molecule has 0 aliphatic heterocycles. The van der Waals surface area contributed by atoms with Gasteiger partial charge in [0.15, 0.2) is 0 Å². The van der Waals surface area contributed by atoms with Crippen LogP contribution in [0.5, 0.6) is 0 Å². The minimum absolute atomic E-state index is 0.0411. The van der Waals surface area contributed by atoms with E-state index in [9.17, 15) is 4.79 Å². The van der Waals surface area contributed by atoms with E-state index in [1.54, 1.807) is 0 Å². The van der Waals surface area contributed by atoms with Gasteiger partial charge in [-0.1, -0.05) is 27.7 Å². The molecule has 1 heterocycles. The lowest BCUT2D eigenvalue weighted by Gasteiger charge is -2.04. The fourth-order valence-electron chi connectivity index (χ4n) is 2.20. The maximum Gasteiger partial charge on any atom is 0.261 e. The zero-order valence-corrected chi connectivity index (χ0v) is 12.3. The summed E-state index contributed by atoms with van der Waals surface area (Å²) >= 11 is 4.84. The van der Waals surface area contributed by atoms with Crippen LogP contribution in [0, 0.1) is 10.8 Å². The maximum atomic E-state index is 12.0. The monoisotopic (exact) mass is 301 g/mol. The summed E-state index contributed by atoms with van der Waals surface area (Å²) in [6.07, 6.45) is 0. The Morgan fingerprint density at radius 3 is 2.25 bits per heavy atom. The average molecular weight is 302 g/mol. The highest BCUT2D eigenvalue weighted by Crippen LogP contribution is 2.62. The van der Waals surface area contributed by atoms with Gasteiger partial charge < -0.3 is 5.32 Å². The van der Waals surface area contributed by atoms with E-state index in [1.165, 1.54) is 11.3 Å². The van der Waals surface area contributed by atoms with Crippen molar-refractivity contribution in [3.63, 3.8) is 0 Å². The zero-order valence-electron chi connectivity index (χ0n) is 9.93. The molecule has 1 aliphatic rings. The molecule has 1 amide bonds. The van der Waals surface area contributed by atoms with Crippen LogP contribution in [0.15, 0.2) is 15.9 Å². The fourth-order valence-corrected chi connectivity index (χ4v) is 3.48. The van der Waals surface area contributed by atoms with Crippen LogP contribution in [0.2, 0.25) is 0 Å². The predicted molar refractivity (Wildman–Crippen MR) is 70.8 cm³/mol. The first-order chi connectivity index (χ1) is 7.26. The summed E-state index contributed by atoms with van der Waals surface area (Å²) in [5.74, 6) is 0.0411. The molecule has 4 heteroatoms. The predicted octanol–water partition coefficient (Wildman–Crippen LogP) is 3.68. The summed E-state index contributed by atoms with van der Waals surface area (Å²) in [5, 5.41) is 3.11. The van der Waals surface area contributed by atoms with E-state index in [4.69, 9.17) is 0 Å². The van der Waals surface area contributed by atoms with E-state index in [-0.39, 0.29) is 22.8 Å².